The van der Waals surface area contributed by atoms with E-state index in [4.69, 9.17) is 0 Å². The Hall–Kier alpha value is -0.110. The number of halogens is 1. The van der Waals surface area contributed by atoms with Gasteiger partial charge in [0.2, 0.25) is 0 Å². The van der Waals surface area contributed by atoms with E-state index in [1.54, 1.807) is 0 Å². The van der Waals surface area contributed by atoms with Gasteiger partial charge in [-0.3, -0.25) is 0 Å². The van der Waals surface area contributed by atoms with Crippen molar-refractivity contribution in [1.29, 1.82) is 0 Å². The zero-order valence-electron chi connectivity index (χ0n) is 9.14. The van der Waals surface area contributed by atoms with Crippen LogP contribution in [0.4, 0.5) is 4.39 Å². The molecule has 2 rings (SSSR count). The van der Waals surface area contributed by atoms with Crippen LogP contribution in [0.25, 0.3) is 0 Å². The molecule has 82 valence electrons. The molecule has 0 amide bonds. The summed E-state index contributed by atoms with van der Waals surface area (Å²) in [4.78, 5) is 0. The fourth-order valence-corrected chi connectivity index (χ4v) is 3.00. The molecule has 0 heterocycles. The number of hydrogen-bond donors (Lipinski definition) is 1. The second-order valence-electron chi connectivity index (χ2n) is 5.00. The minimum absolute atomic E-state index is 0.176. The molecule has 2 aliphatic rings. The molecular formula is C12H22FN. The molecule has 0 aromatic carbocycles. The average Bonchev–Trinajstić information content (AvgIpc) is 2.77. The Bertz CT molecular complexity index is 183. The third-order valence-electron chi connectivity index (χ3n) is 4.00. The molecule has 1 N–H and O–H groups in total. The van der Waals surface area contributed by atoms with Crippen molar-refractivity contribution in [2.75, 3.05) is 0 Å². The van der Waals surface area contributed by atoms with Gasteiger partial charge in [0.1, 0.15) is 6.17 Å². The van der Waals surface area contributed by atoms with Gasteiger partial charge in [-0.25, -0.2) is 4.39 Å². The van der Waals surface area contributed by atoms with Crippen molar-refractivity contribution < 1.29 is 4.39 Å². The first-order valence-electron chi connectivity index (χ1n) is 6.19. The topological polar surface area (TPSA) is 12.0 Å². The summed E-state index contributed by atoms with van der Waals surface area (Å²) in [5.74, 6) is 0.895. The molecule has 0 aromatic rings. The molecule has 0 radical (unpaired) electrons. The molecule has 0 spiro atoms. The minimum atomic E-state index is -0.573. The highest BCUT2D eigenvalue weighted by atomic mass is 19.1. The first-order chi connectivity index (χ1) is 6.79. The van der Waals surface area contributed by atoms with E-state index in [0.717, 1.165) is 25.2 Å². The summed E-state index contributed by atoms with van der Waals surface area (Å²) in [6.45, 7) is 2.26. The van der Waals surface area contributed by atoms with Gasteiger partial charge >= 0.3 is 0 Å². The van der Waals surface area contributed by atoms with Gasteiger partial charge in [-0.15, -0.1) is 0 Å². The fraction of sp³-hybridized carbons (Fsp3) is 1.00. The molecule has 0 aromatic heterocycles. The van der Waals surface area contributed by atoms with Crippen molar-refractivity contribution in [2.45, 2.75) is 70.1 Å². The summed E-state index contributed by atoms with van der Waals surface area (Å²) in [6.07, 6.45) is 7.51. The number of rotatable bonds is 3. The van der Waals surface area contributed by atoms with Crippen molar-refractivity contribution in [1.82, 2.24) is 5.32 Å². The van der Waals surface area contributed by atoms with Gasteiger partial charge in [-0.05, 0) is 44.4 Å². The lowest BCUT2D eigenvalue weighted by Gasteiger charge is -2.20. The van der Waals surface area contributed by atoms with Crippen molar-refractivity contribution in [2.24, 2.45) is 5.92 Å². The fourth-order valence-electron chi connectivity index (χ4n) is 3.00. The van der Waals surface area contributed by atoms with Crippen LogP contribution in [0.3, 0.4) is 0 Å². The van der Waals surface area contributed by atoms with Crippen LogP contribution in [0.1, 0.15) is 51.9 Å². The van der Waals surface area contributed by atoms with E-state index < -0.39 is 6.17 Å². The predicted molar refractivity (Wildman–Crippen MR) is 57.1 cm³/mol. The van der Waals surface area contributed by atoms with Gasteiger partial charge in [0, 0.05) is 12.1 Å². The van der Waals surface area contributed by atoms with Crippen molar-refractivity contribution >= 4 is 0 Å². The van der Waals surface area contributed by atoms with E-state index in [-0.39, 0.29) is 6.04 Å². The highest BCUT2D eigenvalue weighted by Gasteiger charge is 2.31. The lowest BCUT2D eigenvalue weighted by Crippen LogP contribution is -2.40. The molecule has 1 nitrogen and oxygen atoms in total. The highest BCUT2D eigenvalue weighted by molar-refractivity contribution is 4.89. The van der Waals surface area contributed by atoms with Gasteiger partial charge in [0.25, 0.3) is 0 Å². The molecule has 2 unspecified atom stereocenters. The normalized spacial score (nSPS) is 43.3. The summed E-state index contributed by atoms with van der Waals surface area (Å²) in [6, 6.07) is 0.789. The van der Waals surface area contributed by atoms with Crippen LogP contribution in [0.15, 0.2) is 0 Å². The van der Waals surface area contributed by atoms with E-state index >= 15 is 0 Å². The van der Waals surface area contributed by atoms with Crippen molar-refractivity contribution in [3.8, 4) is 0 Å². The van der Waals surface area contributed by atoms with E-state index in [0.29, 0.717) is 6.04 Å². The van der Waals surface area contributed by atoms with Gasteiger partial charge in [0.05, 0.1) is 0 Å². The molecule has 2 saturated carbocycles. The molecule has 2 heteroatoms. The summed E-state index contributed by atoms with van der Waals surface area (Å²) >= 11 is 0. The largest absolute Gasteiger partial charge is 0.308 e. The van der Waals surface area contributed by atoms with Gasteiger partial charge in [0.15, 0.2) is 0 Å². The Labute approximate surface area is 86.5 Å². The third kappa shape index (κ3) is 2.28. The number of hydrogen-bond acceptors (Lipinski definition) is 1. The second kappa shape index (κ2) is 4.61. The summed E-state index contributed by atoms with van der Waals surface area (Å²) < 4.78 is 13.4. The smallest absolute Gasteiger partial charge is 0.115 e. The molecule has 4 atom stereocenters. The lowest BCUT2D eigenvalue weighted by atomic mass is 10.1. The molecular weight excluding hydrogens is 177 g/mol. The van der Waals surface area contributed by atoms with Gasteiger partial charge < -0.3 is 5.32 Å². The Kier molecular flexibility index (Phi) is 3.42. The van der Waals surface area contributed by atoms with E-state index in [1.165, 1.54) is 25.7 Å². The lowest BCUT2D eigenvalue weighted by molar-refractivity contribution is 0.262. The van der Waals surface area contributed by atoms with E-state index in [1.807, 2.05) is 0 Å². The molecule has 2 fully saturated rings. The van der Waals surface area contributed by atoms with Gasteiger partial charge in [-0.2, -0.15) is 0 Å². The van der Waals surface area contributed by atoms with Crippen LogP contribution in [-0.4, -0.2) is 18.3 Å². The first-order valence-corrected chi connectivity index (χ1v) is 6.19. The summed E-state index contributed by atoms with van der Waals surface area (Å²) in [5.41, 5.74) is 0. The first kappa shape index (κ1) is 10.4. The SMILES string of the molecule is CCC1CCC(N[C@H]2CCC[C@H]2F)C1. The Balaban J connectivity index is 1.75. The second-order valence-corrected chi connectivity index (χ2v) is 5.00. The predicted octanol–water partition coefficient (Wildman–Crippen LogP) is 3.05. The van der Waals surface area contributed by atoms with Crippen LogP contribution < -0.4 is 5.32 Å². The van der Waals surface area contributed by atoms with E-state index in [9.17, 15) is 4.39 Å². The van der Waals surface area contributed by atoms with Crippen molar-refractivity contribution in [3.05, 3.63) is 0 Å². The van der Waals surface area contributed by atoms with Crippen LogP contribution >= 0.6 is 0 Å². The Morgan fingerprint density at radius 1 is 1.21 bits per heavy atom. The highest BCUT2D eigenvalue weighted by Crippen LogP contribution is 2.30. The van der Waals surface area contributed by atoms with E-state index in [2.05, 4.69) is 12.2 Å². The van der Waals surface area contributed by atoms with Crippen LogP contribution in [0.2, 0.25) is 0 Å². The standard InChI is InChI=1S/C12H22FN/c1-2-9-6-7-10(8-9)14-12-5-3-4-11(12)13/h9-12,14H,2-8H2,1H3/t9?,10?,11-,12+/m1/s1. The third-order valence-corrected chi connectivity index (χ3v) is 4.00. The monoisotopic (exact) mass is 199 g/mol. The van der Waals surface area contributed by atoms with Crippen LogP contribution in [0.5, 0.6) is 0 Å². The molecule has 0 saturated heterocycles. The molecule has 0 bridgehead atoms. The van der Waals surface area contributed by atoms with Crippen LogP contribution in [-0.2, 0) is 0 Å². The Morgan fingerprint density at radius 3 is 2.64 bits per heavy atom. The maximum atomic E-state index is 13.4. The van der Waals surface area contributed by atoms with Crippen LogP contribution in [0, 0.1) is 5.92 Å². The molecule has 0 aliphatic heterocycles. The average molecular weight is 199 g/mol. The minimum Gasteiger partial charge on any atom is -0.308 e. The summed E-state index contributed by atoms with van der Waals surface area (Å²) in [7, 11) is 0. The quantitative estimate of drug-likeness (QED) is 0.736. The summed E-state index contributed by atoms with van der Waals surface area (Å²) in [5, 5.41) is 3.52. The molecule has 14 heavy (non-hydrogen) atoms. The molecule has 2 aliphatic carbocycles. The maximum absolute atomic E-state index is 13.4. The maximum Gasteiger partial charge on any atom is 0.115 e. The number of alkyl halides is 1. The Morgan fingerprint density at radius 2 is 2.07 bits per heavy atom. The van der Waals surface area contributed by atoms with Crippen molar-refractivity contribution in [3.63, 3.8) is 0 Å². The zero-order chi connectivity index (χ0) is 9.97. The van der Waals surface area contributed by atoms with Gasteiger partial charge in [-0.1, -0.05) is 13.3 Å². The number of nitrogens with one attached hydrogen (secondary N) is 1. The zero-order valence-corrected chi connectivity index (χ0v) is 9.14.